The molecule has 0 unspecified atom stereocenters. The first kappa shape index (κ1) is 15.1. The van der Waals surface area contributed by atoms with Gasteiger partial charge in [-0.1, -0.05) is 5.16 Å². The fourth-order valence-corrected chi connectivity index (χ4v) is 2.59. The molecule has 1 atom stereocenters. The van der Waals surface area contributed by atoms with E-state index in [4.69, 9.17) is 8.94 Å². The number of hydrogen-bond donors (Lipinski definition) is 2. The van der Waals surface area contributed by atoms with Crippen molar-refractivity contribution in [2.45, 2.75) is 32.4 Å². The smallest absolute Gasteiger partial charge is 0.323 e. The summed E-state index contributed by atoms with van der Waals surface area (Å²) in [6.45, 7) is 2.57. The molecule has 0 saturated carbocycles. The van der Waals surface area contributed by atoms with Crippen molar-refractivity contribution in [1.29, 1.82) is 0 Å². The molecule has 1 saturated heterocycles. The quantitative estimate of drug-likeness (QED) is 0.896. The minimum Gasteiger partial charge on any atom is -0.467 e. The van der Waals surface area contributed by atoms with Gasteiger partial charge >= 0.3 is 6.03 Å². The lowest BCUT2D eigenvalue weighted by molar-refractivity contribution is -0.124. The lowest BCUT2D eigenvalue weighted by Crippen LogP contribution is -2.47. The summed E-state index contributed by atoms with van der Waals surface area (Å²) in [5.74, 6) is 1.43. The van der Waals surface area contributed by atoms with Gasteiger partial charge in [0.2, 0.25) is 5.91 Å². The average molecular weight is 318 g/mol. The first-order chi connectivity index (χ1) is 11.1. The van der Waals surface area contributed by atoms with Crippen molar-refractivity contribution >= 4 is 17.8 Å². The van der Waals surface area contributed by atoms with Gasteiger partial charge in [0.15, 0.2) is 5.82 Å². The SMILES string of the molecule is Cc1cc(NC(=O)N2CCC[C@H]2C(=O)NCc2ccco2)no1. The molecule has 0 radical (unpaired) electrons. The molecule has 3 amide bonds. The Labute approximate surface area is 132 Å². The number of carbonyl (C=O) groups excluding carboxylic acids is 2. The summed E-state index contributed by atoms with van der Waals surface area (Å²) >= 11 is 0. The van der Waals surface area contributed by atoms with Crippen LogP contribution < -0.4 is 10.6 Å². The molecule has 1 aliphatic rings. The molecule has 2 aromatic heterocycles. The highest BCUT2D eigenvalue weighted by atomic mass is 16.5. The van der Waals surface area contributed by atoms with E-state index < -0.39 is 6.04 Å². The van der Waals surface area contributed by atoms with Crippen molar-refractivity contribution < 1.29 is 18.5 Å². The third kappa shape index (κ3) is 3.53. The zero-order valence-electron chi connectivity index (χ0n) is 12.7. The summed E-state index contributed by atoms with van der Waals surface area (Å²) in [5.41, 5.74) is 0. The molecule has 8 heteroatoms. The van der Waals surface area contributed by atoms with Crippen molar-refractivity contribution in [1.82, 2.24) is 15.4 Å². The third-order valence-corrected chi connectivity index (χ3v) is 3.70. The molecular weight excluding hydrogens is 300 g/mol. The second-order valence-corrected chi connectivity index (χ2v) is 5.40. The summed E-state index contributed by atoms with van der Waals surface area (Å²) < 4.78 is 10.1. The first-order valence-corrected chi connectivity index (χ1v) is 7.44. The largest absolute Gasteiger partial charge is 0.467 e. The summed E-state index contributed by atoms with van der Waals surface area (Å²) in [7, 11) is 0. The minimum atomic E-state index is -0.488. The minimum absolute atomic E-state index is 0.189. The van der Waals surface area contributed by atoms with Gasteiger partial charge in [-0.25, -0.2) is 4.79 Å². The van der Waals surface area contributed by atoms with E-state index in [0.29, 0.717) is 36.8 Å². The van der Waals surface area contributed by atoms with Crippen molar-refractivity contribution in [3.05, 3.63) is 36.0 Å². The second-order valence-electron chi connectivity index (χ2n) is 5.40. The summed E-state index contributed by atoms with van der Waals surface area (Å²) in [4.78, 5) is 26.1. The van der Waals surface area contributed by atoms with Crippen LogP contribution in [0.5, 0.6) is 0 Å². The average Bonchev–Trinajstić information content (AvgIpc) is 3.26. The van der Waals surface area contributed by atoms with Gasteiger partial charge in [-0.3, -0.25) is 10.1 Å². The molecule has 2 N–H and O–H groups in total. The van der Waals surface area contributed by atoms with E-state index in [1.165, 1.54) is 4.90 Å². The molecule has 0 spiro atoms. The van der Waals surface area contributed by atoms with Crippen LogP contribution in [0.25, 0.3) is 0 Å². The normalized spacial score (nSPS) is 17.3. The Kier molecular flexibility index (Phi) is 4.31. The van der Waals surface area contributed by atoms with Crippen molar-refractivity contribution in [2.75, 3.05) is 11.9 Å². The van der Waals surface area contributed by atoms with E-state index in [9.17, 15) is 9.59 Å². The highest BCUT2D eigenvalue weighted by molar-refractivity contribution is 5.93. The maximum absolute atomic E-state index is 12.3. The predicted octanol–water partition coefficient (Wildman–Crippen LogP) is 1.89. The maximum atomic E-state index is 12.3. The standard InChI is InChI=1S/C15H18N4O4/c1-10-8-13(18-23-10)17-15(21)19-6-2-5-12(19)14(20)16-9-11-4-3-7-22-11/h3-4,7-8,12H,2,5-6,9H2,1H3,(H,16,20)(H,17,18,21)/t12-/m0/s1. The van der Waals surface area contributed by atoms with E-state index in [0.717, 1.165) is 6.42 Å². The van der Waals surface area contributed by atoms with Crippen LogP contribution in [-0.2, 0) is 11.3 Å². The number of nitrogens with one attached hydrogen (secondary N) is 2. The zero-order chi connectivity index (χ0) is 16.2. The highest BCUT2D eigenvalue weighted by Gasteiger charge is 2.34. The number of nitrogens with zero attached hydrogens (tertiary/aromatic N) is 2. The number of likely N-dealkylation sites (tertiary alicyclic amines) is 1. The Morgan fingerprint density at radius 1 is 1.48 bits per heavy atom. The van der Waals surface area contributed by atoms with Gasteiger partial charge in [-0.15, -0.1) is 0 Å². The number of furan rings is 1. The zero-order valence-corrected chi connectivity index (χ0v) is 12.7. The number of amides is 3. The molecule has 8 nitrogen and oxygen atoms in total. The van der Waals surface area contributed by atoms with Crippen molar-refractivity contribution in [3.8, 4) is 0 Å². The monoisotopic (exact) mass is 318 g/mol. The van der Waals surface area contributed by atoms with Crippen LogP contribution >= 0.6 is 0 Å². The number of rotatable bonds is 4. The summed E-state index contributed by atoms with van der Waals surface area (Å²) in [5, 5.41) is 9.15. The van der Waals surface area contributed by atoms with Crippen LogP contribution in [0, 0.1) is 6.92 Å². The lowest BCUT2D eigenvalue weighted by atomic mass is 10.2. The Balaban J connectivity index is 1.58. The van der Waals surface area contributed by atoms with E-state index in [2.05, 4.69) is 15.8 Å². The Hall–Kier alpha value is -2.77. The number of anilines is 1. The number of aryl methyl sites for hydroxylation is 1. The molecule has 1 aliphatic heterocycles. The van der Waals surface area contributed by atoms with Gasteiger partial charge in [-0.2, -0.15) is 0 Å². The topological polar surface area (TPSA) is 101 Å². The molecule has 1 fully saturated rings. The number of hydrogen-bond acceptors (Lipinski definition) is 5. The summed E-state index contributed by atoms with van der Waals surface area (Å²) in [6, 6.07) is 4.33. The second kappa shape index (κ2) is 6.55. The van der Waals surface area contributed by atoms with Gasteiger partial charge < -0.3 is 19.2 Å². The molecule has 2 aromatic rings. The van der Waals surface area contributed by atoms with Gasteiger partial charge in [0.25, 0.3) is 0 Å². The fraction of sp³-hybridized carbons (Fsp3) is 0.400. The van der Waals surface area contributed by atoms with E-state index in [-0.39, 0.29) is 11.9 Å². The van der Waals surface area contributed by atoms with Crippen LogP contribution in [-0.4, -0.2) is 34.6 Å². The molecule has 3 heterocycles. The molecule has 122 valence electrons. The molecule has 23 heavy (non-hydrogen) atoms. The van der Waals surface area contributed by atoms with Crippen molar-refractivity contribution in [3.63, 3.8) is 0 Å². The molecule has 0 bridgehead atoms. The maximum Gasteiger partial charge on any atom is 0.323 e. The van der Waals surface area contributed by atoms with Crippen LogP contribution in [0.2, 0.25) is 0 Å². The van der Waals surface area contributed by atoms with Crippen molar-refractivity contribution in [2.24, 2.45) is 0 Å². The van der Waals surface area contributed by atoms with Gasteiger partial charge in [0, 0.05) is 12.6 Å². The number of carbonyl (C=O) groups is 2. The fourth-order valence-electron chi connectivity index (χ4n) is 2.59. The summed E-state index contributed by atoms with van der Waals surface area (Å²) in [6.07, 6.45) is 2.97. The van der Waals surface area contributed by atoms with Gasteiger partial charge in [0.05, 0.1) is 12.8 Å². The Morgan fingerprint density at radius 2 is 2.35 bits per heavy atom. The highest BCUT2D eigenvalue weighted by Crippen LogP contribution is 2.19. The molecular formula is C15H18N4O4. The van der Waals surface area contributed by atoms with Gasteiger partial charge in [-0.05, 0) is 31.9 Å². The number of urea groups is 1. The third-order valence-electron chi connectivity index (χ3n) is 3.70. The Morgan fingerprint density at radius 3 is 3.04 bits per heavy atom. The van der Waals surface area contributed by atoms with Crippen LogP contribution in [0.3, 0.4) is 0 Å². The van der Waals surface area contributed by atoms with E-state index >= 15 is 0 Å². The predicted molar refractivity (Wildman–Crippen MR) is 80.5 cm³/mol. The molecule has 0 aliphatic carbocycles. The Bertz CT molecular complexity index is 679. The lowest BCUT2D eigenvalue weighted by Gasteiger charge is -2.23. The molecule has 0 aromatic carbocycles. The van der Waals surface area contributed by atoms with E-state index in [1.807, 2.05) is 0 Å². The van der Waals surface area contributed by atoms with E-state index in [1.54, 1.807) is 31.4 Å². The van der Waals surface area contributed by atoms with Gasteiger partial charge in [0.1, 0.15) is 17.6 Å². The molecule has 3 rings (SSSR count). The van der Waals surface area contributed by atoms with Crippen LogP contribution in [0.1, 0.15) is 24.4 Å². The van der Waals surface area contributed by atoms with Crippen LogP contribution in [0.4, 0.5) is 10.6 Å². The number of aromatic nitrogens is 1. The first-order valence-electron chi connectivity index (χ1n) is 7.44. The van der Waals surface area contributed by atoms with Crippen LogP contribution in [0.15, 0.2) is 33.4 Å².